The van der Waals surface area contributed by atoms with E-state index in [-0.39, 0.29) is 19.1 Å². The fraction of sp³-hybridized carbons (Fsp3) is 0.519. The van der Waals surface area contributed by atoms with Gasteiger partial charge >= 0.3 is 18.1 Å². The molecule has 218 valence electrons. The third kappa shape index (κ3) is 10.4. The van der Waals surface area contributed by atoms with Gasteiger partial charge in [0.1, 0.15) is 31.0 Å². The van der Waals surface area contributed by atoms with Gasteiger partial charge in [0.05, 0.1) is 0 Å². The number of benzene rings is 1. The van der Waals surface area contributed by atoms with Crippen molar-refractivity contribution >= 4 is 23.7 Å². The molecule has 2 aromatic rings. The Labute approximate surface area is 230 Å². The number of hydrazine groups is 1. The lowest BCUT2D eigenvalue weighted by Gasteiger charge is -2.35. The predicted molar refractivity (Wildman–Crippen MR) is 139 cm³/mol. The number of anilines is 1. The van der Waals surface area contributed by atoms with E-state index in [1.807, 2.05) is 30.3 Å². The third-order valence-electron chi connectivity index (χ3n) is 6.49. The summed E-state index contributed by atoms with van der Waals surface area (Å²) in [5, 5.41) is 8.54. The molecule has 2 fully saturated rings. The number of nitrogens with zero attached hydrogens (tertiary/aromatic N) is 4. The minimum Gasteiger partial charge on any atom is -0.475 e. The van der Waals surface area contributed by atoms with E-state index < -0.39 is 18.1 Å². The van der Waals surface area contributed by atoms with Gasteiger partial charge in [0, 0.05) is 25.7 Å². The molecule has 2 N–H and O–H groups in total. The van der Waals surface area contributed by atoms with Gasteiger partial charge in [-0.25, -0.2) is 19.8 Å². The maximum Gasteiger partial charge on any atom is 0.490 e. The number of carboxylic acid groups (broad SMARTS) is 1. The van der Waals surface area contributed by atoms with Crippen molar-refractivity contribution < 1.29 is 37.4 Å². The summed E-state index contributed by atoms with van der Waals surface area (Å²) in [6.07, 6.45) is 5.05. The molecule has 2 saturated carbocycles. The summed E-state index contributed by atoms with van der Waals surface area (Å²) in [5.74, 6) is -2.00. The van der Waals surface area contributed by atoms with Gasteiger partial charge < -0.3 is 14.7 Å². The van der Waals surface area contributed by atoms with Crippen LogP contribution in [0.1, 0.15) is 61.0 Å². The maximum atomic E-state index is 12.8. The Balaban J connectivity index is 0.000000559. The Morgan fingerprint density at radius 2 is 1.70 bits per heavy atom. The molecule has 1 heterocycles. The van der Waals surface area contributed by atoms with E-state index in [2.05, 4.69) is 20.3 Å². The number of likely N-dealkylation sites (N-methyl/N-ethyl adjacent to an activating group) is 1. The van der Waals surface area contributed by atoms with Crippen LogP contribution in [-0.2, 0) is 20.9 Å². The van der Waals surface area contributed by atoms with Crippen LogP contribution in [-0.4, -0.2) is 70.3 Å². The average Bonchev–Trinajstić information content (AvgIpc) is 3.76. The van der Waals surface area contributed by atoms with E-state index in [0.717, 1.165) is 23.8 Å². The highest BCUT2D eigenvalue weighted by Gasteiger charge is 2.38. The molecule has 0 spiro atoms. The number of ether oxygens (including phenoxy) is 1. The second-order valence-corrected chi connectivity index (χ2v) is 9.90. The molecule has 0 atom stereocenters. The topological polar surface area (TPSA) is 125 Å². The normalized spacial score (nSPS) is 15.5. The minimum atomic E-state index is -5.08. The summed E-state index contributed by atoms with van der Waals surface area (Å²) < 4.78 is 37.0. The SMILES string of the molecule is CN(CC(=O)OCc1ccccc1)NC(=O)c1cc(N(CC2CC2)C2CCCCC2)ncn1.O=C(O)C(F)(F)F. The molecule has 0 bridgehead atoms. The van der Waals surface area contributed by atoms with E-state index in [1.54, 1.807) is 13.1 Å². The zero-order chi connectivity index (χ0) is 29.1. The summed E-state index contributed by atoms with van der Waals surface area (Å²) in [6, 6.07) is 11.7. The van der Waals surface area contributed by atoms with Gasteiger partial charge in [0.15, 0.2) is 0 Å². The number of hydrogen-bond acceptors (Lipinski definition) is 8. The number of aliphatic carboxylic acids is 1. The molecule has 0 radical (unpaired) electrons. The Hall–Kier alpha value is -3.74. The molecule has 1 aromatic heterocycles. The molecular formula is C27H34F3N5O5. The van der Waals surface area contributed by atoms with Gasteiger partial charge in [0.2, 0.25) is 0 Å². The Bertz CT molecular complexity index is 1130. The summed E-state index contributed by atoms with van der Waals surface area (Å²) in [7, 11) is 1.63. The number of carboxylic acids is 1. The highest BCUT2D eigenvalue weighted by molar-refractivity contribution is 5.92. The molecule has 2 aliphatic rings. The number of esters is 1. The molecule has 40 heavy (non-hydrogen) atoms. The number of carbonyl (C=O) groups is 3. The highest BCUT2D eigenvalue weighted by Crippen LogP contribution is 2.34. The van der Waals surface area contributed by atoms with E-state index in [9.17, 15) is 22.8 Å². The van der Waals surface area contributed by atoms with Crippen LogP contribution < -0.4 is 10.3 Å². The van der Waals surface area contributed by atoms with Gasteiger partial charge in [-0.1, -0.05) is 49.6 Å². The number of nitrogens with one attached hydrogen (secondary N) is 1. The zero-order valence-electron chi connectivity index (χ0n) is 22.3. The number of amides is 1. The van der Waals surface area contributed by atoms with Crippen LogP contribution in [0.15, 0.2) is 42.7 Å². The molecule has 10 nitrogen and oxygen atoms in total. The fourth-order valence-electron chi connectivity index (χ4n) is 4.28. The number of hydrogen-bond donors (Lipinski definition) is 2. The lowest BCUT2D eigenvalue weighted by Crippen LogP contribution is -2.43. The van der Waals surface area contributed by atoms with Crippen molar-refractivity contribution in [2.24, 2.45) is 5.92 Å². The number of aromatic nitrogens is 2. The summed E-state index contributed by atoms with van der Waals surface area (Å²) in [5.41, 5.74) is 3.92. The standard InChI is InChI=1S/C25H33N5O3.C2HF3O2/c1-29(16-24(31)33-17-20-8-4-2-5-9-20)28-25(32)22-14-23(27-18-26-22)30(15-19-12-13-19)21-10-6-3-7-11-21;3-2(4,5)1(6)7/h2,4-5,8-9,14,18-19,21H,3,6-7,10-13,15-17H2,1H3,(H,28,32);(H,6,7). The van der Waals surface area contributed by atoms with Crippen molar-refractivity contribution in [3.63, 3.8) is 0 Å². The maximum absolute atomic E-state index is 12.8. The van der Waals surface area contributed by atoms with Crippen LogP contribution >= 0.6 is 0 Å². The van der Waals surface area contributed by atoms with Crippen LogP contribution in [0.3, 0.4) is 0 Å². The number of rotatable bonds is 10. The molecule has 1 amide bonds. The molecule has 0 saturated heterocycles. The van der Waals surface area contributed by atoms with Gasteiger partial charge in [0.25, 0.3) is 5.91 Å². The van der Waals surface area contributed by atoms with Crippen LogP contribution in [0.5, 0.6) is 0 Å². The predicted octanol–water partition coefficient (Wildman–Crippen LogP) is 3.98. The average molecular weight is 566 g/mol. The Morgan fingerprint density at radius 1 is 1.05 bits per heavy atom. The molecule has 4 rings (SSSR count). The molecule has 13 heteroatoms. The molecular weight excluding hydrogens is 531 g/mol. The first-order chi connectivity index (χ1) is 19.0. The second-order valence-electron chi connectivity index (χ2n) is 9.90. The van der Waals surface area contributed by atoms with E-state index in [0.29, 0.717) is 11.7 Å². The molecule has 1 aromatic carbocycles. The van der Waals surface area contributed by atoms with Gasteiger partial charge in [-0.3, -0.25) is 15.0 Å². The van der Waals surface area contributed by atoms with Crippen molar-refractivity contribution in [3.8, 4) is 0 Å². The van der Waals surface area contributed by atoms with E-state index in [4.69, 9.17) is 14.6 Å². The van der Waals surface area contributed by atoms with Crippen molar-refractivity contribution in [2.45, 2.75) is 63.8 Å². The number of carbonyl (C=O) groups excluding carboxylic acids is 2. The number of alkyl halides is 3. The second kappa shape index (κ2) is 14.6. The minimum absolute atomic E-state index is 0.0631. The van der Waals surface area contributed by atoms with Crippen molar-refractivity contribution in [1.29, 1.82) is 0 Å². The van der Waals surface area contributed by atoms with Crippen LogP contribution in [0, 0.1) is 5.92 Å². The first-order valence-electron chi connectivity index (χ1n) is 13.1. The Kier molecular flexibility index (Phi) is 11.2. The van der Waals surface area contributed by atoms with Crippen LogP contribution in [0.2, 0.25) is 0 Å². The third-order valence-corrected chi connectivity index (χ3v) is 6.49. The summed E-state index contributed by atoms with van der Waals surface area (Å²) >= 11 is 0. The summed E-state index contributed by atoms with van der Waals surface area (Å²) in [4.78, 5) is 44.9. The Morgan fingerprint density at radius 3 is 2.30 bits per heavy atom. The van der Waals surface area contributed by atoms with Gasteiger partial charge in [-0.2, -0.15) is 13.2 Å². The van der Waals surface area contributed by atoms with Crippen molar-refractivity contribution in [2.75, 3.05) is 25.0 Å². The van der Waals surface area contributed by atoms with Gasteiger partial charge in [-0.15, -0.1) is 0 Å². The zero-order valence-corrected chi connectivity index (χ0v) is 22.3. The molecule has 2 aliphatic carbocycles. The first kappa shape index (κ1) is 30.8. The van der Waals surface area contributed by atoms with Gasteiger partial charge in [-0.05, 0) is 37.2 Å². The highest BCUT2D eigenvalue weighted by atomic mass is 19.4. The monoisotopic (exact) mass is 565 g/mol. The first-order valence-corrected chi connectivity index (χ1v) is 13.1. The fourth-order valence-corrected chi connectivity index (χ4v) is 4.28. The van der Waals surface area contributed by atoms with Crippen molar-refractivity contribution in [1.82, 2.24) is 20.4 Å². The lowest BCUT2D eigenvalue weighted by molar-refractivity contribution is -0.192. The van der Waals surface area contributed by atoms with Crippen molar-refractivity contribution in [3.05, 3.63) is 54.0 Å². The van der Waals surface area contributed by atoms with E-state index in [1.165, 1.54) is 56.3 Å². The quantitative estimate of drug-likeness (QED) is 0.325. The molecule has 0 unspecified atom stereocenters. The van der Waals surface area contributed by atoms with Crippen LogP contribution in [0.4, 0.5) is 19.0 Å². The molecule has 0 aliphatic heterocycles. The largest absolute Gasteiger partial charge is 0.490 e. The van der Waals surface area contributed by atoms with Crippen LogP contribution in [0.25, 0.3) is 0 Å². The summed E-state index contributed by atoms with van der Waals surface area (Å²) in [6.45, 7) is 1.14. The smallest absolute Gasteiger partial charge is 0.475 e. The number of halogens is 3. The van der Waals surface area contributed by atoms with E-state index >= 15 is 0 Å². The lowest BCUT2D eigenvalue weighted by atomic mass is 9.94.